The van der Waals surface area contributed by atoms with Crippen molar-refractivity contribution in [1.82, 2.24) is 10.2 Å². The molecule has 2 aliphatic heterocycles. The molecule has 1 fully saturated rings. The van der Waals surface area contributed by atoms with E-state index in [1.165, 1.54) is 0 Å². The summed E-state index contributed by atoms with van der Waals surface area (Å²) in [6.45, 7) is 3.36. The number of anilines is 2. The molecular formula is C16H18N4O4S2. The van der Waals surface area contributed by atoms with E-state index in [-0.39, 0.29) is 12.7 Å². The van der Waals surface area contributed by atoms with Crippen LogP contribution in [0.4, 0.5) is 10.8 Å². The molecule has 138 valence electrons. The van der Waals surface area contributed by atoms with Crippen LogP contribution in [0.5, 0.6) is 11.5 Å². The summed E-state index contributed by atoms with van der Waals surface area (Å²) in [5.41, 5.74) is 0.703. The summed E-state index contributed by atoms with van der Waals surface area (Å²) in [6, 6.07) is 5.37. The van der Waals surface area contributed by atoms with Crippen LogP contribution >= 0.6 is 23.1 Å². The van der Waals surface area contributed by atoms with Crippen LogP contribution in [0.2, 0.25) is 0 Å². The van der Waals surface area contributed by atoms with E-state index in [1.54, 1.807) is 41.3 Å². The zero-order valence-electron chi connectivity index (χ0n) is 14.0. The summed E-state index contributed by atoms with van der Waals surface area (Å²) >= 11 is 3.10. The Hall–Kier alpha value is -2.04. The van der Waals surface area contributed by atoms with Crippen molar-refractivity contribution in [2.24, 2.45) is 0 Å². The van der Waals surface area contributed by atoms with Gasteiger partial charge in [0.1, 0.15) is 0 Å². The number of morpholine rings is 1. The molecule has 1 aromatic heterocycles. The number of thioether (sulfide) groups is 1. The van der Waals surface area contributed by atoms with Crippen LogP contribution in [0, 0.1) is 0 Å². The number of fused-ring (bicyclic) bond motifs is 1. The Bertz CT molecular complexity index is 779. The van der Waals surface area contributed by atoms with Crippen molar-refractivity contribution < 1.29 is 19.0 Å². The van der Waals surface area contributed by atoms with Crippen molar-refractivity contribution in [3.05, 3.63) is 18.2 Å². The van der Waals surface area contributed by atoms with Crippen LogP contribution in [0.1, 0.15) is 6.42 Å². The van der Waals surface area contributed by atoms with Gasteiger partial charge < -0.3 is 24.4 Å². The third kappa shape index (κ3) is 4.19. The standard InChI is InChI=1S/C16H18N4O4S2/c21-14(17-11-1-2-12-13(9-11)24-10-23-12)3-8-25-16-19-18-15(26-16)20-4-6-22-7-5-20/h1-2,9H,3-8,10H2,(H,17,21). The first-order valence-electron chi connectivity index (χ1n) is 8.26. The van der Waals surface area contributed by atoms with Crippen LogP contribution in [0.3, 0.4) is 0 Å². The van der Waals surface area contributed by atoms with Gasteiger partial charge in [-0.3, -0.25) is 4.79 Å². The van der Waals surface area contributed by atoms with Crippen LogP contribution in [0.15, 0.2) is 22.5 Å². The number of carbonyl (C=O) groups excluding carboxylic acids is 1. The van der Waals surface area contributed by atoms with Gasteiger partial charge in [-0.1, -0.05) is 23.1 Å². The summed E-state index contributed by atoms with van der Waals surface area (Å²) in [5.74, 6) is 1.95. The molecule has 2 aliphatic rings. The van der Waals surface area contributed by atoms with E-state index in [9.17, 15) is 4.79 Å². The zero-order chi connectivity index (χ0) is 17.8. The second kappa shape index (κ2) is 8.11. The molecular weight excluding hydrogens is 376 g/mol. The summed E-state index contributed by atoms with van der Waals surface area (Å²) in [7, 11) is 0. The Morgan fingerprint density at radius 2 is 2.08 bits per heavy atom. The third-order valence-corrected chi connectivity index (χ3v) is 6.01. The lowest BCUT2D eigenvalue weighted by molar-refractivity contribution is -0.115. The minimum Gasteiger partial charge on any atom is -0.454 e. The predicted octanol–water partition coefficient (Wildman–Crippen LogP) is 2.22. The van der Waals surface area contributed by atoms with Crippen LogP contribution < -0.4 is 19.7 Å². The van der Waals surface area contributed by atoms with E-state index in [1.807, 2.05) is 0 Å². The van der Waals surface area contributed by atoms with Gasteiger partial charge in [-0.25, -0.2) is 0 Å². The Balaban J connectivity index is 1.23. The number of carbonyl (C=O) groups is 1. The number of aromatic nitrogens is 2. The smallest absolute Gasteiger partial charge is 0.231 e. The maximum Gasteiger partial charge on any atom is 0.231 e. The predicted molar refractivity (Wildman–Crippen MR) is 99.5 cm³/mol. The first kappa shape index (κ1) is 17.4. The highest BCUT2D eigenvalue weighted by Gasteiger charge is 2.17. The monoisotopic (exact) mass is 394 g/mol. The van der Waals surface area contributed by atoms with Crippen molar-refractivity contribution in [2.75, 3.05) is 49.1 Å². The van der Waals surface area contributed by atoms with Gasteiger partial charge in [-0.15, -0.1) is 10.2 Å². The van der Waals surface area contributed by atoms with Crippen LogP contribution in [0.25, 0.3) is 0 Å². The van der Waals surface area contributed by atoms with E-state index < -0.39 is 0 Å². The van der Waals surface area contributed by atoms with Crippen LogP contribution in [-0.4, -0.2) is 55.0 Å². The van der Waals surface area contributed by atoms with E-state index in [0.717, 1.165) is 35.8 Å². The molecule has 0 atom stereocenters. The molecule has 0 aliphatic carbocycles. The molecule has 8 nitrogen and oxygen atoms in total. The fourth-order valence-corrected chi connectivity index (χ4v) is 4.47. The first-order valence-corrected chi connectivity index (χ1v) is 10.1. The largest absolute Gasteiger partial charge is 0.454 e. The Kier molecular flexibility index (Phi) is 5.42. The minimum atomic E-state index is -0.0470. The molecule has 0 spiro atoms. The molecule has 1 saturated heterocycles. The summed E-state index contributed by atoms with van der Waals surface area (Å²) in [6.07, 6.45) is 0.394. The van der Waals surface area contributed by atoms with Gasteiger partial charge in [0.25, 0.3) is 0 Å². The second-order valence-corrected chi connectivity index (χ2v) is 7.96. The van der Waals surface area contributed by atoms with Crippen molar-refractivity contribution in [1.29, 1.82) is 0 Å². The summed E-state index contributed by atoms with van der Waals surface area (Å²) in [5, 5.41) is 12.2. The second-order valence-electron chi connectivity index (χ2n) is 5.66. The van der Waals surface area contributed by atoms with Gasteiger partial charge in [0, 0.05) is 37.0 Å². The number of benzene rings is 1. The lowest BCUT2D eigenvalue weighted by Crippen LogP contribution is -2.36. The molecule has 4 rings (SSSR count). The van der Waals surface area contributed by atoms with Crippen molar-refractivity contribution in [3.8, 4) is 11.5 Å². The van der Waals surface area contributed by atoms with Gasteiger partial charge in [0.2, 0.25) is 17.8 Å². The molecule has 0 saturated carbocycles. The quantitative estimate of drug-likeness (QED) is 0.747. The third-order valence-electron chi connectivity index (χ3n) is 3.89. The first-order chi connectivity index (χ1) is 12.8. The zero-order valence-corrected chi connectivity index (χ0v) is 15.6. The van der Waals surface area contributed by atoms with Gasteiger partial charge in [0.05, 0.1) is 13.2 Å². The number of rotatable bonds is 6. The highest BCUT2D eigenvalue weighted by Crippen LogP contribution is 2.34. The van der Waals surface area contributed by atoms with Gasteiger partial charge in [-0.2, -0.15) is 0 Å². The molecule has 10 heteroatoms. The SMILES string of the molecule is O=C(CCSc1nnc(N2CCOCC2)s1)Nc1ccc2c(c1)OCO2. The van der Waals surface area contributed by atoms with Crippen LogP contribution in [-0.2, 0) is 9.53 Å². The maximum absolute atomic E-state index is 12.1. The number of ether oxygens (including phenoxy) is 3. The molecule has 1 aromatic carbocycles. The van der Waals surface area contributed by atoms with Gasteiger partial charge >= 0.3 is 0 Å². The highest BCUT2D eigenvalue weighted by molar-refractivity contribution is 8.01. The summed E-state index contributed by atoms with van der Waals surface area (Å²) in [4.78, 5) is 14.3. The normalized spacial score (nSPS) is 15.9. The topological polar surface area (TPSA) is 85.8 Å². The van der Waals surface area contributed by atoms with Crippen molar-refractivity contribution in [2.45, 2.75) is 10.8 Å². The lowest BCUT2D eigenvalue weighted by atomic mass is 10.2. The molecule has 0 radical (unpaired) electrons. The van der Waals surface area contributed by atoms with Crippen molar-refractivity contribution in [3.63, 3.8) is 0 Å². The van der Waals surface area contributed by atoms with E-state index >= 15 is 0 Å². The molecule has 1 amide bonds. The van der Waals surface area contributed by atoms with Crippen molar-refractivity contribution >= 4 is 39.8 Å². The van der Waals surface area contributed by atoms with Gasteiger partial charge in [0.15, 0.2) is 15.8 Å². The maximum atomic E-state index is 12.1. The molecule has 0 bridgehead atoms. The number of hydrogen-bond acceptors (Lipinski definition) is 9. The van der Waals surface area contributed by atoms with Gasteiger partial charge in [-0.05, 0) is 12.1 Å². The fourth-order valence-electron chi connectivity index (χ4n) is 2.57. The average Bonchev–Trinajstić information content (AvgIpc) is 3.31. The van der Waals surface area contributed by atoms with E-state index in [2.05, 4.69) is 20.4 Å². The number of hydrogen-bond donors (Lipinski definition) is 1. The Morgan fingerprint density at radius 1 is 1.23 bits per heavy atom. The van der Waals surface area contributed by atoms with E-state index in [0.29, 0.717) is 29.4 Å². The lowest BCUT2D eigenvalue weighted by Gasteiger charge is -2.25. The number of nitrogens with one attached hydrogen (secondary N) is 1. The minimum absolute atomic E-state index is 0.0470. The molecule has 1 N–H and O–H groups in total. The highest BCUT2D eigenvalue weighted by atomic mass is 32.2. The average molecular weight is 394 g/mol. The Morgan fingerprint density at radius 3 is 2.96 bits per heavy atom. The summed E-state index contributed by atoms with van der Waals surface area (Å²) < 4.78 is 16.8. The fraction of sp³-hybridized carbons (Fsp3) is 0.438. The molecule has 26 heavy (non-hydrogen) atoms. The van der Waals surface area contributed by atoms with E-state index in [4.69, 9.17) is 14.2 Å². The Labute approximate surface area is 158 Å². The number of nitrogens with zero attached hydrogens (tertiary/aromatic N) is 3. The molecule has 0 unspecified atom stereocenters. The molecule has 3 heterocycles. The molecule has 2 aromatic rings. The number of amides is 1.